The smallest absolute Gasteiger partial charge is 0.252 e. The van der Waals surface area contributed by atoms with E-state index in [9.17, 15) is 9.90 Å². The number of benzene rings is 1. The minimum atomic E-state index is -0.680. The number of carbonyl (C=O) groups is 1. The van der Waals surface area contributed by atoms with Crippen LogP contribution in [0.25, 0.3) is 0 Å². The number of amides is 1. The molecule has 0 radical (unpaired) electrons. The van der Waals surface area contributed by atoms with Crippen LogP contribution in [0, 0.1) is 0 Å². The zero-order valence-corrected chi connectivity index (χ0v) is 13.8. The lowest BCUT2D eigenvalue weighted by Crippen LogP contribution is -2.28. The van der Waals surface area contributed by atoms with E-state index in [4.69, 9.17) is 0 Å². The third-order valence-electron chi connectivity index (χ3n) is 2.56. The number of halogens is 2. The Morgan fingerprint density at radius 1 is 1.37 bits per heavy atom. The van der Waals surface area contributed by atoms with Crippen molar-refractivity contribution >= 4 is 49.1 Å². The van der Waals surface area contributed by atoms with Crippen LogP contribution in [0.4, 0.5) is 0 Å². The summed E-state index contributed by atoms with van der Waals surface area (Å²) in [6.07, 6.45) is -0.680. The van der Waals surface area contributed by atoms with Gasteiger partial charge in [-0.2, -0.15) is 11.3 Å². The SMILES string of the molecule is O=C(NCC(O)c1ccsc1)c1cc(Br)ccc1Br. The summed E-state index contributed by atoms with van der Waals surface area (Å²) in [7, 11) is 0. The van der Waals surface area contributed by atoms with Crippen LogP contribution in [-0.2, 0) is 0 Å². The first kappa shape index (κ1) is 14.7. The molecule has 1 atom stereocenters. The van der Waals surface area contributed by atoms with E-state index < -0.39 is 6.10 Å². The van der Waals surface area contributed by atoms with Gasteiger partial charge in [-0.15, -0.1) is 0 Å². The van der Waals surface area contributed by atoms with E-state index in [2.05, 4.69) is 37.2 Å². The summed E-state index contributed by atoms with van der Waals surface area (Å²) in [6.45, 7) is 0.189. The van der Waals surface area contributed by atoms with Crippen molar-refractivity contribution in [2.24, 2.45) is 0 Å². The molecule has 0 spiro atoms. The molecule has 6 heteroatoms. The van der Waals surface area contributed by atoms with E-state index in [1.165, 1.54) is 11.3 Å². The predicted molar refractivity (Wildman–Crippen MR) is 83.5 cm³/mol. The first-order valence-corrected chi connectivity index (χ1v) is 8.04. The van der Waals surface area contributed by atoms with Gasteiger partial charge in [-0.1, -0.05) is 15.9 Å². The lowest BCUT2D eigenvalue weighted by molar-refractivity contribution is 0.0915. The number of nitrogens with one attached hydrogen (secondary N) is 1. The number of aliphatic hydroxyl groups excluding tert-OH is 1. The van der Waals surface area contributed by atoms with Crippen molar-refractivity contribution in [3.8, 4) is 0 Å². The fraction of sp³-hybridized carbons (Fsp3) is 0.154. The van der Waals surface area contributed by atoms with Crippen LogP contribution in [0.5, 0.6) is 0 Å². The number of thiophene rings is 1. The third-order valence-corrected chi connectivity index (χ3v) is 4.44. The molecule has 1 aromatic heterocycles. The second-order valence-corrected chi connectivity index (χ2v) is 6.46. The lowest BCUT2D eigenvalue weighted by atomic mass is 10.2. The zero-order chi connectivity index (χ0) is 13.8. The molecule has 1 heterocycles. The molecule has 100 valence electrons. The van der Waals surface area contributed by atoms with Crippen molar-refractivity contribution in [2.75, 3.05) is 6.54 Å². The fourth-order valence-corrected chi connectivity index (χ4v) is 3.03. The molecule has 3 nitrogen and oxygen atoms in total. The average Bonchev–Trinajstić information content (AvgIpc) is 2.92. The first-order chi connectivity index (χ1) is 9.08. The quantitative estimate of drug-likeness (QED) is 0.815. The van der Waals surface area contributed by atoms with Crippen LogP contribution in [-0.4, -0.2) is 17.6 Å². The molecule has 19 heavy (non-hydrogen) atoms. The summed E-state index contributed by atoms with van der Waals surface area (Å²) in [6, 6.07) is 7.22. The molecule has 2 N–H and O–H groups in total. The third kappa shape index (κ3) is 3.89. The standard InChI is InChI=1S/C13H11Br2NO2S/c14-9-1-2-11(15)10(5-9)13(18)16-6-12(17)8-3-4-19-7-8/h1-5,7,12,17H,6H2,(H,16,18). The number of rotatable bonds is 4. The van der Waals surface area contributed by atoms with E-state index in [-0.39, 0.29) is 12.5 Å². The second kappa shape index (κ2) is 6.65. The van der Waals surface area contributed by atoms with Crippen LogP contribution >= 0.6 is 43.2 Å². The molecule has 1 unspecified atom stereocenters. The van der Waals surface area contributed by atoms with E-state index in [0.29, 0.717) is 5.56 Å². The Morgan fingerprint density at radius 2 is 2.16 bits per heavy atom. The van der Waals surface area contributed by atoms with Crippen molar-refractivity contribution in [2.45, 2.75) is 6.10 Å². The van der Waals surface area contributed by atoms with E-state index in [1.54, 1.807) is 12.1 Å². The topological polar surface area (TPSA) is 49.3 Å². The molecule has 0 fully saturated rings. The van der Waals surface area contributed by atoms with Gasteiger partial charge in [0, 0.05) is 15.5 Å². The van der Waals surface area contributed by atoms with Crippen molar-refractivity contribution in [3.63, 3.8) is 0 Å². The summed E-state index contributed by atoms with van der Waals surface area (Å²) in [5.74, 6) is -0.220. The van der Waals surface area contributed by atoms with Crippen LogP contribution < -0.4 is 5.32 Å². The van der Waals surface area contributed by atoms with Gasteiger partial charge in [-0.25, -0.2) is 0 Å². The summed E-state index contributed by atoms with van der Waals surface area (Å²) in [4.78, 5) is 12.0. The highest BCUT2D eigenvalue weighted by molar-refractivity contribution is 9.11. The van der Waals surface area contributed by atoms with E-state index in [1.807, 2.05) is 22.9 Å². The molecule has 0 aliphatic carbocycles. The second-order valence-electron chi connectivity index (χ2n) is 3.91. The Morgan fingerprint density at radius 3 is 2.84 bits per heavy atom. The van der Waals surface area contributed by atoms with Gasteiger partial charge < -0.3 is 10.4 Å². The van der Waals surface area contributed by atoms with Crippen molar-refractivity contribution < 1.29 is 9.90 Å². The minimum Gasteiger partial charge on any atom is -0.387 e. The fourth-order valence-electron chi connectivity index (χ4n) is 1.54. The Bertz CT molecular complexity index is 572. The van der Waals surface area contributed by atoms with Gasteiger partial charge in [0.25, 0.3) is 5.91 Å². The number of hydrogen-bond donors (Lipinski definition) is 2. The van der Waals surface area contributed by atoms with E-state index >= 15 is 0 Å². The maximum absolute atomic E-state index is 12.0. The molecule has 0 saturated heterocycles. The molecule has 1 aromatic carbocycles. The minimum absolute atomic E-state index is 0.189. The molecule has 0 saturated carbocycles. The van der Waals surface area contributed by atoms with Gasteiger partial charge in [0.1, 0.15) is 0 Å². The van der Waals surface area contributed by atoms with Gasteiger partial charge in [-0.3, -0.25) is 4.79 Å². The van der Waals surface area contributed by atoms with Crippen molar-refractivity contribution in [1.82, 2.24) is 5.32 Å². The molecular weight excluding hydrogens is 394 g/mol. The highest BCUT2D eigenvalue weighted by atomic mass is 79.9. The van der Waals surface area contributed by atoms with Gasteiger partial charge in [-0.05, 0) is 56.5 Å². The molecule has 0 aliphatic heterocycles. The lowest BCUT2D eigenvalue weighted by Gasteiger charge is -2.11. The Kier molecular flexibility index (Phi) is 5.15. The summed E-state index contributed by atoms with van der Waals surface area (Å²) < 4.78 is 1.55. The number of aliphatic hydroxyl groups is 1. The highest BCUT2D eigenvalue weighted by Gasteiger charge is 2.13. The Hall–Kier alpha value is -0.690. The van der Waals surface area contributed by atoms with Gasteiger partial charge in [0.05, 0.1) is 11.7 Å². The summed E-state index contributed by atoms with van der Waals surface area (Å²) in [5, 5.41) is 16.4. The number of carbonyl (C=O) groups excluding carboxylic acids is 1. The van der Waals surface area contributed by atoms with Crippen LogP contribution in [0.3, 0.4) is 0 Å². The molecule has 2 aromatic rings. The Balaban J connectivity index is 2.00. The molecule has 2 rings (SSSR count). The monoisotopic (exact) mass is 403 g/mol. The van der Waals surface area contributed by atoms with Crippen LogP contribution in [0.15, 0.2) is 44.0 Å². The zero-order valence-electron chi connectivity index (χ0n) is 9.77. The normalized spacial score (nSPS) is 12.2. The Labute approximate surface area is 131 Å². The predicted octanol–water partition coefficient (Wildman–Crippen LogP) is 3.74. The highest BCUT2D eigenvalue weighted by Crippen LogP contribution is 2.22. The van der Waals surface area contributed by atoms with Crippen molar-refractivity contribution in [1.29, 1.82) is 0 Å². The van der Waals surface area contributed by atoms with Gasteiger partial charge in [0.15, 0.2) is 0 Å². The van der Waals surface area contributed by atoms with Crippen LogP contribution in [0.1, 0.15) is 22.0 Å². The molecule has 0 aliphatic rings. The van der Waals surface area contributed by atoms with Crippen LogP contribution in [0.2, 0.25) is 0 Å². The largest absolute Gasteiger partial charge is 0.387 e. The molecule has 1 amide bonds. The molecular formula is C13H11Br2NO2S. The maximum Gasteiger partial charge on any atom is 0.252 e. The summed E-state index contributed by atoms with van der Waals surface area (Å²) >= 11 is 8.18. The maximum atomic E-state index is 12.0. The van der Waals surface area contributed by atoms with Gasteiger partial charge >= 0.3 is 0 Å². The molecule has 0 bridgehead atoms. The first-order valence-electron chi connectivity index (χ1n) is 5.51. The average molecular weight is 405 g/mol. The summed E-state index contributed by atoms with van der Waals surface area (Å²) in [5.41, 5.74) is 1.35. The van der Waals surface area contributed by atoms with Crippen molar-refractivity contribution in [3.05, 3.63) is 55.1 Å². The number of hydrogen-bond acceptors (Lipinski definition) is 3. The van der Waals surface area contributed by atoms with E-state index in [0.717, 1.165) is 14.5 Å². The van der Waals surface area contributed by atoms with Gasteiger partial charge in [0.2, 0.25) is 0 Å².